The van der Waals surface area contributed by atoms with Crippen molar-refractivity contribution in [1.29, 1.82) is 0 Å². The van der Waals surface area contributed by atoms with Crippen molar-refractivity contribution < 1.29 is 19.0 Å². The van der Waals surface area contributed by atoms with Gasteiger partial charge in [-0.1, -0.05) is 6.07 Å². The summed E-state index contributed by atoms with van der Waals surface area (Å²) in [5, 5.41) is 10.9. The van der Waals surface area contributed by atoms with Gasteiger partial charge >= 0.3 is 0 Å². The van der Waals surface area contributed by atoms with Gasteiger partial charge in [0.2, 0.25) is 0 Å². The maximum atomic E-state index is 14.4. The zero-order valence-corrected chi connectivity index (χ0v) is 21.4. The summed E-state index contributed by atoms with van der Waals surface area (Å²) in [6.45, 7) is 5.45. The van der Waals surface area contributed by atoms with Crippen molar-refractivity contribution in [2.45, 2.75) is 38.5 Å². The molecule has 6 rings (SSSR count). The first-order valence-corrected chi connectivity index (χ1v) is 13.5. The minimum absolute atomic E-state index is 0.0891. The molecule has 1 N–H and O–H groups in total. The van der Waals surface area contributed by atoms with E-state index >= 15 is 0 Å². The number of rotatable bonds is 7. The van der Waals surface area contributed by atoms with Crippen molar-refractivity contribution in [2.75, 3.05) is 44.7 Å². The zero-order chi connectivity index (χ0) is 25.5. The lowest BCUT2D eigenvalue weighted by molar-refractivity contribution is 0.0968. The minimum atomic E-state index is -0.731. The van der Waals surface area contributed by atoms with Crippen LogP contribution < -0.4 is 9.64 Å². The molecule has 3 heterocycles. The van der Waals surface area contributed by atoms with Gasteiger partial charge in [0.1, 0.15) is 0 Å². The molecule has 1 aliphatic carbocycles. The van der Waals surface area contributed by atoms with Crippen LogP contribution in [0.2, 0.25) is 0 Å². The van der Waals surface area contributed by atoms with Crippen LogP contribution in [-0.2, 0) is 0 Å². The average Bonchev–Trinajstić information content (AvgIpc) is 3.65. The first kappa shape index (κ1) is 24.2. The zero-order valence-electron chi connectivity index (χ0n) is 21.4. The predicted octanol–water partition coefficient (Wildman–Crippen LogP) is 5.66. The SMILES string of the molecule is COc1cc(-c2ccc3ncc(C(=O)C4CC4)c(N4CCC(CN5CCCC5)CC4)c3c2)cc(F)c1O. The first-order valence-electron chi connectivity index (χ1n) is 13.5. The number of phenols is 1. The number of Topliss-reactive ketones (excluding diaryl/α,β-unsaturated/α-hetero) is 1. The van der Waals surface area contributed by atoms with E-state index < -0.39 is 11.6 Å². The van der Waals surface area contributed by atoms with Crippen LogP contribution in [0.4, 0.5) is 10.1 Å². The Bertz CT molecular complexity index is 1330. The number of phenolic OH excluding ortho intramolecular Hbond substituents is 1. The monoisotopic (exact) mass is 503 g/mol. The Morgan fingerprint density at radius 2 is 1.81 bits per heavy atom. The molecule has 0 amide bonds. The molecule has 0 bridgehead atoms. The molecule has 2 aliphatic heterocycles. The van der Waals surface area contributed by atoms with Gasteiger partial charge in [0, 0.05) is 37.1 Å². The second-order valence-corrected chi connectivity index (χ2v) is 10.8. The number of benzene rings is 2. The van der Waals surface area contributed by atoms with E-state index in [1.54, 1.807) is 12.3 Å². The van der Waals surface area contributed by atoms with Gasteiger partial charge in [0.15, 0.2) is 23.1 Å². The van der Waals surface area contributed by atoms with Gasteiger partial charge < -0.3 is 19.6 Å². The van der Waals surface area contributed by atoms with Gasteiger partial charge in [-0.3, -0.25) is 9.78 Å². The van der Waals surface area contributed by atoms with Crippen LogP contribution in [0.25, 0.3) is 22.0 Å². The summed E-state index contributed by atoms with van der Waals surface area (Å²) in [6, 6.07) is 8.78. The number of ether oxygens (including phenoxy) is 1. The molecule has 2 saturated heterocycles. The Morgan fingerprint density at radius 3 is 2.51 bits per heavy atom. The highest BCUT2D eigenvalue weighted by atomic mass is 19.1. The number of nitrogens with zero attached hydrogens (tertiary/aromatic N) is 3. The number of pyridine rings is 1. The highest BCUT2D eigenvalue weighted by Crippen LogP contribution is 2.41. The van der Waals surface area contributed by atoms with E-state index in [1.165, 1.54) is 45.7 Å². The van der Waals surface area contributed by atoms with Crippen LogP contribution in [0.3, 0.4) is 0 Å². The van der Waals surface area contributed by atoms with E-state index in [4.69, 9.17) is 4.74 Å². The summed E-state index contributed by atoms with van der Waals surface area (Å²) in [5.41, 5.74) is 3.88. The summed E-state index contributed by atoms with van der Waals surface area (Å²) in [6.07, 6.45) is 8.50. The quantitative estimate of drug-likeness (QED) is 0.420. The number of halogens is 1. The predicted molar refractivity (Wildman–Crippen MR) is 143 cm³/mol. The lowest BCUT2D eigenvalue weighted by Crippen LogP contribution is -2.39. The van der Waals surface area contributed by atoms with Gasteiger partial charge in [0.05, 0.1) is 23.9 Å². The van der Waals surface area contributed by atoms with Gasteiger partial charge in [-0.25, -0.2) is 4.39 Å². The van der Waals surface area contributed by atoms with Crippen molar-refractivity contribution in [3.8, 4) is 22.6 Å². The van der Waals surface area contributed by atoms with Gasteiger partial charge in [-0.15, -0.1) is 0 Å². The largest absolute Gasteiger partial charge is 0.502 e. The number of fused-ring (bicyclic) bond motifs is 1. The lowest BCUT2D eigenvalue weighted by atomic mass is 9.93. The number of hydrogen-bond acceptors (Lipinski definition) is 6. The Kier molecular flexibility index (Phi) is 6.49. The Balaban J connectivity index is 1.38. The topological polar surface area (TPSA) is 65.9 Å². The lowest BCUT2D eigenvalue weighted by Gasteiger charge is -2.36. The van der Waals surface area contributed by atoms with Crippen LogP contribution in [0, 0.1) is 17.7 Å². The number of carbonyl (C=O) groups is 1. The van der Waals surface area contributed by atoms with Crippen molar-refractivity contribution in [2.24, 2.45) is 11.8 Å². The summed E-state index contributed by atoms with van der Waals surface area (Å²) in [4.78, 5) is 23.0. The number of aromatic hydroxyl groups is 1. The van der Waals surface area contributed by atoms with E-state index in [0.29, 0.717) is 17.0 Å². The van der Waals surface area contributed by atoms with E-state index in [0.717, 1.165) is 60.9 Å². The van der Waals surface area contributed by atoms with Crippen LogP contribution in [0.15, 0.2) is 36.5 Å². The molecule has 37 heavy (non-hydrogen) atoms. The molecule has 3 aromatic rings. The maximum absolute atomic E-state index is 14.4. The number of ketones is 1. The molecule has 6 nitrogen and oxygen atoms in total. The minimum Gasteiger partial charge on any atom is -0.502 e. The number of anilines is 1. The average molecular weight is 504 g/mol. The molecular formula is C30H34FN3O3. The van der Waals surface area contributed by atoms with Crippen molar-refractivity contribution in [3.05, 3.63) is 47.9 Å². The van der Waals surface area contributed by atoms with Crippen LogP contribution >= 0.6 is 0 Å². The van der Waals surface area contributed by atoms with E-state index in [1.807, 2.05) is 18.2 Å². The fourth-order valence-electron chi connectivity index (χ4n) is 6.01. The van der Waals surface area contributed by atoms with Crippen LogP contribution in [-0.4, -0.2) is 60.6 Å². The van der Waals surface area contributed by atoms with E-state index in [2.05, 4.69) is 14.8 Å². The molecule has 7 heteroatoms. The number of methoxy groups -OCH3 is 1. The summed E-state index contributed by atoms with van der Waals surface area (Å²) >= 11 is 0. The molecular weight excluding hydrogens is 469 g/mol. The molecule has 0 radical (unpaired) electrons. The Labute approximate surface area is 217 Å². The Hall–Kier alpha value is -3.19. The third-order valence-electron chi connectivity index (χ3n) is 8.28. The molecule has 1 aromatic heterocycles. The Morgan fingerprint density at radius 1 is 1.05 bits per heavy atom. The third-order valence-corrected chi connectivity index (χ3v) is 8.28. The summed E-state index contributed by atoms with van der Waals surface area (Å²) in [5.74, 6) is -0.163. The first-order chi connectivity index (χ1) is 18.0. The number of piperidine rings is 1. The van der Waals surface area contributed by atoms with Crippen molar-refractivity contribution >= 4 is 22.4 Å². The van der Waals surface area contributed by atoms with Gasteiger partial charge in [-0.05, 0) is 92.9 Å². The molecule has 194 valence electrons. The highest BCUT2D eigenvalue weighted by Gasteiger charge is 2.34. The number of hydrogen-bond donors (Lipinski definition) is 1. The molecule has 3 aliphatic rings. The van der Waals surface area contributed by atoms with E-state index in [-0.39, 0.29) is 17.5 Å². The fourth-order valence-corrected chi connectivity index (χ4v) is 6.01. The van der Waals surface area contributed by atoms with Crippen LogP contribution in [0.5, 0.6) is 11.5 Å². The molecule has 3 fully saturated rings. The molecule has 2 aromatic carbocycles. The number of likely N-dealkylation sites (tertiary alicyclic amines) is 1. The second-order valence-electron chi connectivity index (χ2n) is 10.8. The third kappa shape index (κ3) is 4.77. The normalized spacial score (nSPS) is 19.0. The highest BCUT2D eigenvalue weighted by molar-refractivity contribution is 6.10. The summed E-state index contributed by atoms with van der Waals surface area (Å²) < 4.78 is 19.6. The molecule has 0 unspecified atom stereocenters. The molecule has 0 atom stereocenters. The molecule has 0 spiro atoms. The standard InChI is InChI=1S/C30H34FN3O3/c1-37-27-16-22(15-25(31)30(27)36)21-6-7-26-23(14-21)28(24(17-32-26)29(35)20-4-5-20)34-12-8-19(9-13-34)18-33-10-2-3-11-33/h6-7,14-17,19-20,36H,2-5,8-13,18H2,1H3. The van der Waals surface area contributed by atoms with E-state index in [9.17, 15) is 14.3 Å². The maximum Gasteiger partial charge on any atom is 0.194 e. The number of carbonyl (C=O) groups excluding carboxylic acids is 1. The van der Waals surface area contributed by atoms with Crippen LogP contribution in [0.1, 0.15) is 48.9 Å². The molecule has 1 saturated carbocycles. The summed E-state index contributed by atoms with van der Waals surface area (Å²) in [7, 11) is 1.41. The van der Waals surface area contributed by atoms with Crippen molar-refractivity contribution in [1.82, 2.24) is 9.88 Å². The second kappa shape index (κ2) is 9.93. The van der Waals surface area contributed by atoms with Crippen molar-refractivity contribution in [3.63, 3.8) is 0 Å². The van der Waals surface area contributed by atoms with Gasteiger partial charge in [-0.2, -0.15) is 0 Å². The van der Waals surface area contributed by atoms with Gasteiger partial charge in [0.25, 0.3) is 0 Å². The fraction of sp³-hybridized carbons (Fsp3) is 0.467. The smallest absolute Gasteiger partial charge is 0.194 e. The number of aromatic nitrogens is 1.